The Morgan fingerprint density at radius 2 is 1.72 bits per heavy atom. The molecule has 1 aliphatic heterocycles. The molecule has 1 aromatic rings. The Morgan fingerprint density at radius 1 is 1.12 bits per heavy atom. The first-order chi connectivity index (χ1) is 12.0. The molecule has 2 bridgehead atoms. The zero-order chi connectivity index (χ0) is 17.5. The molecule has 4 aliphatic carbocycles. The molecule has 6 rings (SSSR count). The number of amides is 3. The maximum absolute atomic E-state index is 12.9. The smallest absolute Gasteiger partial charge is 0.271 e. The molecular weight excluding hydrogens is 322 g/mol. The summed E-state index contributed by atoms with van der Waals surface area (Å²) in [4.78, 5) is 39.4. The van der Waals surface area contributed by atoms with Crippen molar-refractivity contribution in [3.8, 4) is 11.5 Å². The van der Waals surface area contributed by atoms with Crippen LogP contribution in [0.15, 0.2) is 30.4 Å². The Morgan fingerprint density at radius 3 is 2.24 bits per heavy atom. The minimum Gasteiger partial charge on any atom is -0.507 e. The van der Waals surface area contributed by atoms with Crippen LogP contribution in [-0.4, -0.2) is 34.8 Å². The minimum atomic E-state index is -0.752. The number of allylic oxidation sites excluding steroid dienone is 2. The van der Waals surface area contributed by atoms with E-state index in [1.54, 1.807) is 0 Å². The number of methoxy groups -OCH3 is 1. The van der Waals surface area contributed by atoms with Crippen molar-refractivity contribution in [2.45, 2.75) is 6.42 Å². The van der Waals surface area contributed by atoms with Gasteiger partial charge in [0.1, 0.15) is 11.5 Å². The number of carbonyl (C=O) groups is 3. The van der Waals surface area contributed by atoms with E-state index in [1.165, 1.54) is 25.3 Å². The quantitative estimate of drug-likeness (QED) is 0.653. The van der Waals surface area contributed by atoms with Crippen molar-refractivity contribution >= 4 is 17.7 Å². The molecule has 25 heavy (non-hydrogen) atoms. The zero-order valence-electron chi connectivity index (χ0n) is 13.6. The lowest BCUT2D eigenvalue weighted by Gasteiger charge is -2.37. The molecule has 128 valence electrons. The summed E-state index contributed by atoms with van der Waals surface area (Å²) >= 11 is 0. The average molecular weight is 339 g/mol. The van der Waals surface area contributed by atoms with E-state index in [2.05, 4.69) is 12.2 Å². The predicted molar refractivity (Wildman–Crippen MR) is 85.5 cm³/mol. The summed E-state index contributed by atoms with van der Waals surface area (Å²) in [6.45, 7) is 0. The summed E-state index contributed by atoms with van der Waals surface area (Å²) in [5, 5.41) is 10.1. The van der Waals surface area contributed by atoms with Gasteiger partial charge in [-0.25, -0.2) is 4.90 Å². The predicted octanol–water partition coefficient (Wildman–Crippen LogP) is 1.59. The number of phenols is 1. The third kappa shape index (κ3) is 1.77. The highest BCUT2D eigenvalue weighted by Crippen LogP contribution is 2.65. The lowest BCUT2D eigenvalue weighted by atomic mass is 9.63. The van der Waals surface area contributed by atoms with E-state index in [0.717, 1.165) is 11.3 Å². The van der Waals surface area contributed by atoms with Crippen molar-refractivity contribution in [3.05, 3.63) is 35.9 Å². The van der Waals surface area contributed by atoms with E-state index in [9.17, 15) is 19.5 Å². The molecule has 1 aromatic carbocycles. The normalized spacial score (nSPS) is 37.1. The van der Waals surface area contributed by atoms with Crippen LogP contribution in [-0.2, 0) is 9.59 Å². The van der Waals surface area contributed by atoms with Gasteiger partial charge in [-0.2, -0.15) is 0 Å². The topological polar surface area (TPSA) is 83.9 Å². The maximum Gasteiger partial charge on any atom is 0.271 e. The number of hydrogen-bond donors (Lipinski definition) is 1. The second kappa shape index (κ2) is 4.71. The van der Waals surface area contributed by atoms with Crippen LogP contribution in [0.3, 0.4) is 0 Å². The van der Waals surface area contributed by atoms with Crippen LogP contribution >= 0.6 is 0 Å². The summed E-state index contributed by atoms with van der Waals surface area (Å²) in [5.41, 5.74) is -0.0633. The molecule has 5 aliphatic rings. The van der Waals surface area contributed by atoms with E-state index in [0.29, 0.717) is 17.6 Å². The van der Waals surface area contributed by atoms with Crippen LogP contribution in [0.1, 0.15) is 16.8 Å². The van der Waals surface area contributed by atoms with Crippen molar-refractivity contribution in [3.63, 3.8) is 0 Å². The van der Waals surface area contributed by atoms with Crippen LogP contribution in [0.2, 0.25) is 0 Å². The molecule has 0 unspecified atom stereocenters. The Balaban J connectivity index is 1.51. The van der Waals surface area contributed by atoms with Gasteiger partial charge in [-0.1, -0.05) is 12.2 Å². The van der Waals surface area contributed by atoms with E-state index in [1.807, 2.05) is 0 Å². The first-order valence-electron chi connectivity index (χ1n) is 8.50. The number of likely N-dealkylation sites (tertiary alicyclic amines) is 1. The van der Waals surface area contributed by atoms with Gasteiger partial charge in [-0.3, -0.25) is 14.4 Å². The number of imide groups is 3. The molecule has 3 amide bonds. The molecule has 1 heterocycles. The maximum atomic E-state index is 12.9. The molecule has 0 spiro atoms. The Bertz CT molecular complexity index is 823. The van der Waals surface area contributed by atoms with Crippen molar-refractivity contribution in [1.82, 2.24) is 4.90 Å². The van der Waals surface area contributed by atoms with Crippen LogP contribution in [0.5, 0.6) is 11.5 Å². The highest BCUT2D eigenvalue weighted by Gasteiger charge is 2.67. The summed E-state index contributed by atoms with van der Waals surface area (Å²) in [5.74, 6) is -1.23. The van der Waals surface area contributed by atoms with Gasteiger partial charge in [0.25, 0.3) is 5.91 Å². The van der Waals surface area contributed by atoms with Crippen LogP contribution in [0.4, 0.5) is 0 Å². The number of benzene rings is 1. The lowest BCUT2D eigenvalue weighted by molar-refractivity contribution is -0.136. The van der Waals surface area contributed by atoms with Crippen molar-refractivity contribution < 1.29 is 24.2 Å². The molecule has 6 nitrogen and oxygen atoms in total. The van der Waals surface area contributed by atoms with Crippen LogP contribution < -0.4 is 4.74 Å². The van der Waals surface area contributed by atoms with Crippen molar-refractivity contribution in [2.75, 3.05) is 7.11 Å². The molecule has 2 saturated carbocycles. The minimum absolute atomic E-state index is 0.0633. The highest BCUT2D eigenvalue weighted by atomic mass is 16.5. The second-order valence-electron chi connectivity index (χ2n) is 7.35. The number of carbonyl (C=O) groups excluding carboxylic acids is 3. The SMILES string of the molecule is COc1ccc(C(=O)N2C(=O)[C@@H]3[C@H]4C=C[C@@H]([C@@H]5C[C@H]45)[C@@H]3C2=O)c(O)c1. The lowest BCUT2D eigenvalue weighted by Crippen LogP contribution is -2.40. The number of hydrogen-bond acceptors (Lipinski definition) is 5. The number of rotatable bonds is 2. The Hall–Kier alpha value is -2.63. The second-order valence-corrected chi connectivity index (χ2v) is 7.35. The van der Waals surface area contributed by atoms with Gasteiger partial charge >= 0.3 is 0 Å². The van der Waals surface area contributed by atoms with Gasteiger partial charge in [0, 0.05) is 6.07 Å². The van der Waals surface area contributed by atoms with Gasteiger partial charge in [0.15, 0.2) is 0 Å². The third-order valence-corrected chi connectivity index (χ3v) is 6.30. The Labute approximate surface area is 144 Å². The Kier molecular flexibility index (Phi) is 2.77. The first kappa shape index (κ1) is 14.7. The molecule has 3 fully saturated rings. The summed E-state index contributed by atoms with van der Waals surface area (Å²) in [6.07, 6.45) is 5.19. The number of aromatic hydroxyl groups is 1. The monoisotopic (exact) mass is 339 g/mol. The van der Waals surface area contributed by atoms with E-state index in [-0.39, 0.29) is 23.1 Å². The fraction of sp³-hybridized carbons (Fsp3) is 0.421. The van der Waals surface area contributed by atoms with E-state index < -0.39 is 29.6 Å². The van der Waals surface area contributed by atoms with Crippen molar-refractivity contribution in [2.24, 2.45) is 35.5 Å². The fourth-order valence-corrected chi connectivity index (χ4v) is 5.10. The zero-order valence-corrected chi connectivity index (χ0v) is 13.6. The van der Waals surface area contributed by atoms with Crippen LogP contribution in [0, 0.1) is 35.5 Å². The highest BCUT2D eigenvalue weighted by molar-refractivity contribution is 6.22. The van der Waals surface area contributed by atoms with Crippen LogP contribution in [0.25, 0.3) is 0 Å². The molecule has 1 saturated heterocycles. The average Bonchev–Trinajstić information content (AvgIpc) is 3.38. The van der Waals surface area contributed by atoms with Gasteiger partial charge in [-0.05, 0) is 42.2 Å². The summed E-state index contributed by atoms with van der Waals surface area (Å²) in [6, 6.07) is 4.20. The van der Waals surface area contributed by atoms with Crippen molar-refractivity contribution in [1.29, 1.82) is 0 Å². The standard InChI is InChI=1S/C19H17NO5/c1-25-8-2-3-11(14(21)6-8)17(22)20-18(23)15-9-4-5-10(13-7-12(9)13)16(15)19(20)24/h2-6,9-10,12-13,15-16,21H,7H2,1H3/t9-,10-,12-,13+,15-,16+/m0/s1. The number of phenolic OH excluding ortho intramolecular Hbond substituents is 1. The summed E-state index contributed by atoms with van der Waals surface area (Å²) in [7, 11) is 1.45. The van der Waals surface area contributed by atoms with Gasteiger partial charge < -0.3 is 9.84 Å². The van der Waals surface area contributed by atoms with Gasteiger partial charge in [0.05, 0.1) is 24.5 Å². The summed E-state index contributed by atoms with van der Waals surface area (Å²) < 4.78 is 5.00. The van der Waals surface area contributed by atoms with Gasteiger partial charge in [0.2, 0.25) is 11.8 Å². The molecule has 1 N–H and O–H groups in total. The molecule has 6 heteroatoms. The molecule has 0 aromatic heterocycles. The van der Waals surface area contributed by atoms with E-state index in [4.69, 9.17) is 4.74 Å². The van der Waals surface area contributed by atoms with E-state index >= 15 is 0 Å². The largest absolute Gasteiger partial charge is 0.507 e. The molecule has 6 atom stereocenters. The first-order valence-corrected chi connectivity index (χ1v) is 8.50. The number of ether oxygens (including phenoxy) is 1. The molecular formula is C19H17NO5. The molecule has 0 radical (unpaired) electrons. The third-order valence-electron chi connectivity index (χ3n) is 6.30. The number of nitrogens with zero attached hydrogens (tertiary/aromatic N) is 1. The fourth-order valence-electron chi connectivity index (χ4n) is 5.10. The van der Waals surface area contributed by atoms with Gasteiger partial charge in [-0.15, -0.1) is 0 Å².